The van der Waals surface area contributed by atoms with Gasteiger partial charge in [-0.3, -0.25) is 4.79 Å². The Labute approximate surface area is 179 Å². The van der Waals surface area contributed by atoms with E-state index in [1.165, 1.54) is 6.07 Å². The molecule has 1 aliphatic rings. The second kappa shape index (κ2) is 7.46. The van der Waals surface area contributed by atoms with E-state index in [1.807, 2.05) is 25.1 Å². The van der Waals surface area contributed by atoms with Gasteiger partial charge in [0.1, 0.15) is 17.0 Å². The maximum absolute atomic E-state index is 15.2. The molecule has 0 radical (unpaired) electrons. The summed E-state index contributed by atoms with van der Waals surface area (Å²) >= 11 is 0. The molecule has 1 aliphatic heterocycles. The first kappa shape index (κ1) is 19.7. The summed E-state index contributed by atoms with van der Waals surface area (Å²) in [6.07, 6.45) is 3.53. The van der Waals surface area contributed by atoms with E-state index >= 15 is 4.39 Å². The maximum atomic E-state index is 15.2. The van der Waals surface area contributed by atoms with Gasteiger partial charge in [0.15, 0.2) is 5.82 Å². The first-order valence-corrected chi connectivity index (χ1v) is 10.6. The highest BCUT2D eigenvalue weighted by atomic mass is 19.1. The zero-order valence-corrected chi connectivity index (χ0v) is 17.7. The van der Waals surface area contributed by atoms with Gasteiger partial charge in [0.05, 0.1) is 11.2 Å². The Morgan fingerprint density at radius 1 is 1.32 bits per heavy atom. The fourth-order valence-corrected chi connectivity index (χ4v) is 4.62. The molecule has 4 heterocycles. The van der Waals surface area contributed by atoms with Crippen LogP contribution in [-0.4, -0.2) is 49.0 Å². The Morgan fingerprint density at radius 2 is 2.16 bits per heavy atom. The Bertz CT molecular complexity index is 1310. The molecule has 1 saturated heterocycles. The van der Waals surface area contributed by atoms with Crippen LogP contribution < -0.4 is 5.73 Å². The molecule has 31 heavy (non-hydrogen) atoms. The molecular weight excluding hydrogens is 395 g/mol. The van der Waals surface area contributed by atoms with Crippen LogP contribution in [0.1, 0.15) is 30.1 Å². The molecule has 1 amide bonds. The van der Waals surface area contributed by atoms with Gasteiger partial charge in [0.2, 0.25) is 0 Å². The second-order valence-corrected chi connectivity index (χ2v) is 8.16. The molecule has 1 atom stereocenters. The third kappa shape index (κ3) is 3.18. The largest absolute Gasteiger partial charge is 0.337 e. The molecule has 5 rings (SSSR count). The van der Waals surface area contributed by atoms with E-state index < -0.39 is 5.82 Å². The fraction of sp³-hybridized carbons (Fsp3) is 0.348. The number of amides is 1. The average molecular weight is 420 g/mol. The SMILES string of the molecule is CCn1c(-c2nc3cc(C(=O)N4CCC[C@@H](N)C4)cc(F)c3n2C)cc2cccnc21. The van der Waals surface area contributed by atoms with Gasteiger partial charge in [-0.05, 0) is 50.1 Å². The number of fused-ring (bicyclic) bond motifs is 2. The molecule has 0 bridgehead atoms. The van der Waals surface area contributed by atoms with E-state index in [2.05, 4.69) is 9.55 Å². The van der Waals surface area contributed by atoms with Crippen LogP contribution in [0.4, 0.5) is 4.39 Å². The fourth-order valence-electron chi connectivity index (χ4n) is 4.62. The number of hydrogen-bond acceptors (Lipinski definition) is 4. The standard InChI is InChI=1S/C23H25FN6O/c1-3-30-19(12-14-6-4-8-26-21(14)30)22-27-18-11-15(10-17(24)20(18)28(22)2)23(31)29-9-5-7-16(25)13-29/h4,6,8,10-12,16H,3,5,7,9,13,25H2,1-2H3/t16-/m1/s1. The molecule has 0 spiro atoms. The van der Waals surface area contributed by atoms with Crippen molar-refractivity contribution in [1.29, 1.82) is 0 Å². The maximum Gasteiger partial charge on any atom is 0.254 e. The van der Waals surface area contributed by atoms with Gasteiger partial charge in [-0.25, -0.2) is 14.4 Å². The summed E-state index contributed by atoms with van der Waals surface area (Å²) in [5.74, 6) is -0.0194. The van der Waals surface area contributed by atoms with Crippen LogP contribution in [0.15, 0.2) is 36.5 Å². The Kier molecular flexibility index (Phi) is 4.74. The highest BCUT2D eigenvalue weighted by molar-refractivity contribution is 5.98. The number of carbonyl (C=O) groups is 1. The normalized spacial score (nSPS) is 17.0. The van der Waals surface area contributed by atoms with E-state index in [0.717, 1.165) is 29.6 Å². The number of pyridine rings is 1. The van der Waals surface area contributed by atoms with Crippen molar-refractivity contribution in [3.63, 3.8) is 0 Å². The average Bonchev–Trinajstić information content (AvgIpc) is 3.30. The van der Waals surface area contributed by atoms with Crippen molar-refractivity contribution in [3.8, 4) is 11.5 Å². The molecule has 160 valence electrons. The first-order valence-electron chi connectivity index (χ1n) is 10.6. The Morgan fingerprint density at radius 3 is 2.94 bits per heavy atom. The van der Waals surface area contributed by atoms with Crippen molar-refractivity contribution < 1.29 is 9.18 Å². The van der Waals surface area contributed by atoms with E-state index in [-0.39, 0.29) is 11.9 Å². The molecule has 0 aliphatic carbocycles. The van der Waals surface area contributed by atoms with Gasteiger partial charge in [0.25, 0.3) is 5.91 Å². The number of aryl methyl sites for hydroxylation is 2. The zero-order chi connectivity index (χ0) is 21.7. The molecule has 3 aromatic heterocycles. The zero-order valence-electron chi connectivity index (χ0n) is 17.7. The summed E-state index contributed by atoms with van der Waals surface area (Å²) in [7, 11) is 1.80. The number of nitrogens with two attached hydrogens (primary N) is 1. The number of hydrogen-bond donors (Lipinski definition) is 1. The molecule has 8 heteroatoms. The predicted molar refractivity (Wildman–Crippen MR) is 118 cm³/mol. The number of aromatic nitrogens is 4. The van der Waals surface area contributed by atoms with Crippen molar-refractivity contribution in [3.05, 3.63) is 47.9 Å². The molecule has 4 aromatic rings. The molecule has 0 saturated carbocycles. The van der Waals surface area contributed by atoms with Gasteiger partial charge in [-0.2, -0.15) is 0 Å². The summed E-state index contributed by atoms with van der Waals surface area (Å²) in [6.45, 7) is 3.89. The Balaban J connectivity index is 1.62. The van der Waals surface area contributed by atoms with Gasteiger partial charge < -0.3 is 19.8 Å². The Hall–Kier alpha value is -3.26. The summed E-state index contributed by atoms with van der Waals surface area (Å²) < 4.78 is 19.0. The van der Waals surface area contributed by atoms with Gasteiger partial charge in [-0.15, -0.1) is 0 Å². The summed E-state index contributed by atoms with van der Waals surface area (Å²) in [6, 6.07) is 8.88. The minimum Gasteiger partial charge on any atom is -0.337 e. The van der Waals surface area contributed by atoms with Crippen molar-refractivity contribution in [1.82, 2.24) is 24.0 Å². The summed E-state index contributed by atoms with van der Waals surface area (Å²) in [5.41, 5.74) is 8.89. The molecule has 7 nitrogen and oxygen atoms in total. The summed E-state index contributed by atoms with van der Waals surface area (Å²) in [4.78, 5) is 23.9. The van der Waals surface area contributed by atoms with Crippen LogP contribution in [0.3, 0.4) is 0 Å². The van der Waals surface area contributed by atoms with Crippen LogP contribution in [0.5, 0.6) is 0 Å². The molecule has 0 unspecified atom stereocenters. The topological polar surface area (TPSA) is 82.0 Å². The van der Waals surface area contributed by atoms with E-state index in [9.17, 15) is 4.79 Å². The van der Waals surface area contributed by atoms with Crippen molar-refractivity contribution in [2.24, 2.45) is 12.8 Å². The highest BCUT2D eigenvalue weighted by Gasteiger charge is 2.25. The monoisotopic (exact) mass is 420 g/mol. The minimum atomic E-state index is -0.458. The lowest BCUT2D eigenvalue weighted by molar-refractivity contribution is 0.0708. The van der Waals surface area contributed by atoms with Crippen LogP contribution in [0, 0.1) is 5.82 Å². The molecular formula is C23H25FN6O. The number of imidazole rings is 1. The van der Waals surface area contributed by atoms with Gasteiger partial charge in [-0.1, -0.05) is 0 Å². The number of piperidine rings is 1. The smallest absolute Gasteiger partial charge is 0.254 e. The van der Waals surface area contributed by atoms with Crippen LogP contribution in [0.25, 0.3) is 33.6 Å². The minimum absolute atomic E-state index is 0.0303. The van der Waals surface area contributed by atoms with Crippen molar-refractivity contribution >= 4 is 28.0 Å². The lowest BCUT2D eigenvalue weighted by Gasteiger charge is -2.30. The quantitative estimate of drug-likeness (QED) is 0.551. The van der Waals surface area contributed by atoms with Crippen LogP contribution in [0.2, 0.25) is 0 Å². The molecule has 1 fully saturated rings. The highest BCUT2D eigenvalue weighted by Crippen LogP contribution is 2.31. The number of rotatable bonds is 3. The van der Waals surface area contributed by atoms with Crippen molar-refractivity contribution in [2.45, 2.75) is 32.4 Å². The lowest BCUT2D eigenvalue weighted by Crippen LogP contribution is -2.45. The first-order chi connectivity index (χ1) is 15.0. The second-order valence-electron chi connectivity index (χ2n) is 8.16. The predicted octanol–water partition coefficient (Wildman–Crippen LogP) is 3.31. The number of likely N-dealkylation sites (tertiary alicyclic amines) is 1. The number of carbonyl (C=O) groups excluding carboxylic acids is 1. The number of halogens is 1. The lowest BCUT2D eigenvalue weighted by atomic mass is 10.0. The van der Waals surface area contributed by atoms with E-state index in [4.69, 9.17) is 10.7 Å². The van der Waals surface area contributed by atoms with E-state index in [0.29, 0.717) is 42.1 Å². The van der Waals surface area contributed by atoms with Crippen molar-refractivity contribution in [2.75, 3.05) is 13.1 Å². The van der Waals surface area contributed by atoms with Gasteiger partial charge in [0, 0.05) is 49.9 Å². The summed E-state index contributed by atoms with van der Waals surface area (Å²) in [5, 5.41) is 1.00. The molecule has 1 aromatic carbocycles. The number of nitrogens with zero attached hydrogens (tertiary/aromatic N) is 5. The van der Waals surface area contributed by atoms with E-state index in [1.54, 1.807) is 28.8 Å². The molecule has 2 N–H and O–H groups in total. The third-order valence-electron chi connectivity index (χ3n) is 6.12. The van der Waals surface area contributed by atoms with Crippen LogP contribution in [-0.2, 0) is 13.6 Å². The third-order valence-corrected chi connectivity index (χ3v) is 6.12. The van der Waals surface area contributed by atoms with Crippen LogP contribution >= 0.6 is 0 Å². The number of benzene rings is 1. The van der Waals surface area contributed by atoms with Gasteiger partial charge >= 0.3 is 0 Å².